The maximum absolute atomic E-state index is 12.9. The third kappa shape index (κ3) is 36.9. The van der Waals surface area contributed by atoms with Crippen LogP contribution in [-0.4, -0.2) is 86.8 Å². The van der Waals surface area contributed by atoms with E-state index in [1.807, 2.05) is 0 Å². The Morgan fingerprint density at radius 3 is 1.43 bits per heavy atom. The first-order valence-corrected chi connectivity index (χ1v) is 26.3. The lowest BCUT2D eigenvalue weighted by atomic mass is 9.94. The van der Waals surface area contributed by atoms with E-state index in [1.165, 1.54) is 122 Å². The van der Waals surface area contributed by atoms with Crippen molar-refractivity contribution in [1.82, 2.24) is 9.80 Å². The summed E-state index contributed by atoms with van der Waals surface area (Å²) in [7, 11) is 2.15. The van der Waals surface area contributed by atoms with E-state index < -0.39 is 0 Å². The average molecular weight is 849 g/mol. The molecule has 1 saturated heterocycles. The number of ether oxygens (including phenoxy) is 3. The van der Waals surface area contributed by atoms with Crippen LogP contribution in [0.4, 0.5) is 0 Å². The Hall–Kier alpha value is -1.67. The molecular formula is C52H100N2O6. The fourth-order valence-electron chi connectivity index (χ4n) is 8.58. The number of unbranched alkanes of at least 4 members (excludes halogenated alkanes) is 24. The highest BCUT2D eigenvalue weighted by molar-refractivity contribution is 5.70. The van der Waals surface area contributed by atoms with Gasteiger partial charge in [0.05, 0.1) is 6.61 Å². The molecule has 1 rings (SSSR count). The van der Waals surface area contributed by atoms with Crippen LogP contribution in [0, 0.1) is 5.92 Å². The molecule has 0 aromatic heterocycles. The number of hydrogen-bond acceptors (Lipinski definition) is 8. The maximum atomic E-state index is 12.9. The van der Waals surface area contributed by atoms with Crippen LogP contribution in [0.1, 0.15) is 252 Å². The van der Waals surface area contributed by atoms with Crippen LogP contribution in [0.3, 0.4) is 0 Å². The minimum absolute atomic E-state index is 0.000534. The zero-order chi connectivity index (χ0) is 43.6. The summed E-state index contributed by atoms with van der Waals surface area (Å²) in [5, 5.41) is 0. The van der Waals surface area contributed by atoms with Crippen LogP contribution in [0.5, 0.6) is 0 Å². The summed E-state index contributed by atoms with van der Waals surface area (Å²) < 4.78 is 17.3. The molecule has 60 heavy (non-hydrogen) atoms. The Labute approximate surface area is 372 Å². The molecule has 0 radical (unpaired) electrons. The van der Waals surface area contributed by atoms with Gasteiger partial charge in [0.25, 0.3) is 0 Å². The van der Waals surface area contributed by atoms with Crippen molar-refractivity contribution in [2.75, 3.05) is 53.0 Å². The molecule has 0 atom stereocenters. The minimum atomic E-state index is -0.0580. The second kappa shape index (κ2) is 42.6. The predicted octanol–water partition coefficient (Wildman–Crippen LogP) is 14.0. The van der Waals surface area contributed by atoms with Gasteiger partial charge in [0.2, 0.25) is 0 Å². The first-order valence-electron chi connectivity index (χ1n) is 26.3. The largest absolute Gasteiger partial charge is 0.466 e. The first kappa shape index (κ1) is 56.3. The van der Waals surface area contributed by atoms with Crippen molar-refractivity contribution in [3.63, 3.8) is 0 Å². The van der Waals surface area contributed by atoms with E-state index in [2.05, 4.69) is 37.6 Å². The van der Waals surface area contributed by atoms with Crippen molar-refractivity contribution in [3.05, 3.63) is 0 Å². The Kier molecular flexibility index (Phi) is 40.0. The molecule has 0 aromatic carbocycles. The fraction of sp³-hybridized carbons (Fsp3) is 0.942. The molecule has 0 aliphatic carbocycles. The van der Waals surface area contributed by atoms with Gasteiger partial charge in [-0.05, 0) is 110 Å². The van der Waals surface area contributed by atoms with Gasteiger partial charge in [-0.15, -0.1) is 0 Å². The fourth-order valence-corrected chi connectivity index (χ4v) is 8.58. The molecule has 0 amide bonds. The third-order valence-corrected chi connectivity index (χ3v) is 12.7. The van der Waals surface area contributed by atoms with Crippen molar-refractivity contribution in [2.45, 2.75) is 258 Å². The monoisotopic (exact) mass is 849 g/mol. The Morgan fingerprint density at radius 1 is 0.483 bits per heavy atom. The Morgan fingerprint density at radius 2 is 0.900 bits per heavy atom. The van der Waals surface area contributed by atoms with Crippen LogP contribution in [0.25, 0.3) is 0 Å². The second-order valence-electron chi connectivity index (χ2n) is 18.6. The molecule has 1 aliphatic rings. The van der Waals surface area contributed by atoms with Gasteiger partial charge in [0, 0.05) is 25.8 Å². The van der Waals surface area contributed by atoms with Gasteiger partial charge < -0.3 is 19.1 Å². The van der Waals surface area contributed by atoms with Gasteiger partial charge in [0.1, 0.15) is 12.7 Å². The third-order valence-electron chi connectivity index (χ3n) is 12.7. The van der Waals surface area contributed by atoms with Crippen LogP contribution in [0.2, 0.25) is 0 Å². The molecule has 0 aromatic rings. The molecule has 0 saturated carbocycles. The normalized spacial score (nSPS) is 13.7. The summed E-state index contributed by atoms with van der Waals surface area (Å²) in [5.41, 5.74) is 0. The second-order valence-corrected chi connectivity index (χ2v) is 18.6. The average Bonchev–Trinajstić information content (AvgIpc) is 3.23. The zero-order valence-electron chi connectivity index (χ0n) is 40.4. The molecule has 0 spiro atoms. The van der Waals surface area contributed by atoms with E-state index in [1.54, 1.807) is 0 Å². The van der Waals surface area contributed by atoms with Gasteiger partial charge in [-0.1, -0.05) is 162 Å². The maximum Gasteiger partial charge on any atom is 0.306 e. The predicted molar refractivity (Wildman–Crippen MR) is 252 cm³/mol. The number of esters is 3. The van der Waals surface area contributed by atoms with E-state index in [4.69, 9.17) is 14.2 Å². The van der Waals surface area contributed by atoms with Gasteiger partial charge in [-0.2, -0.15) is 0 Å². The van der Waals surface area contributed by atoms with Crippen molar-refractivity contribution in [3.8, 4) is 0 Å². The molecule has 8 heteroatoms. The SMILES string of the molecule is CCCCCCCCCCCOC(=O)CCCCCN(CCCCCCCC(=O)OC(CCCCCCCC)CCCCCCCC)CCOC(=O)CC1CCN(C)CC1. The summed E-state index contributed by atoms with van der Waals surface area (Å²) in [5.74, 6) is 0.332. The topological polar surface area (TPSA) is 85.4 Å². The van der Waals surface area contributed by atoms with Crippen LogP contribution in [0.15, 0.2) is 0 Å². The van der Waals surface area contributed by atoms with Crippen LogP contribution in [-0.2, 0) is 28.6 Å². The summed E-state index contributed by atoms with van der Waals surface area (Å²) >= 11 is 0. The molecule has 1 heterocycles. The Balaban J connectivity index is 2.36. The number of carbonyl (C=O) groups excluding carboxylic acids is 3. The number of likely N-dealkylation sites (tertiary alicyclic amines) is 1. The van der Waals surface area contributed by atoms with Crippen LogP contribution < -0.4 is 0 Å². The number of nitrogens with zero attached hydrogens (tertiary/aromatic N) is 2. The Bertz CT molecular complexity index is 954. The lowest BCUT2D eigenvalue weighted by Gasteiger charge is -2.28. The lowest BCUT2D eigenvalue weighted by molar-refractivity contribution is -0.150. The van der Waals surface area contributed by atoms with Crippen molar-refractivity contribution >= 4 is 17.9 Å². The molecule has 8 nitrogen and oxygen atoms in total. The van der Waals surface area contributed by atoms with Gasteiger partial charge in [0.15, 0.2) is 0 Å². The van der Waals surface area contributed by atoms with E-state index >= 15 is 0 Å². The number of piperidine rings is 1. The van der Waals surface area contributed by atoms with Gasteiger partial charge in [-0.3, -0.25) is 19.3 Å². The van der Waals surface area contributed by atoms with E-state index in [0.29, 0.717) is 38.4 Å². The van der Waals surface area contributed by atoms with Crippen molar-refractivity contribution in [1.29, 1.82) is 0 Å². The van der Waals surface area contributed by atoms with Crippen LogP contribution >= 0.6 is 0 Å². The van der Waals surface area contributed by atoms with Crippen molar-refractivity contribution < 1.29 is 28.6 Å². The lowest BCUT2D eigenvalue weighted by Crippen LogP contribution is -2.32. The summed E-state index contributed by atoms with van der Waals surface area (Å²) in [6.45, 7) is 12.6. The molecule has 0 unspecified atom stereocenters. The summed E-state index contributed by atoms with van der Waals surface area (Å²) in [6, 6.07) is 0. The molecule has 0 bridgehead atoms. The number of hydrogen-bond donors (Lipinski definition) is 0. The van der Waals surface area contributed by atoms with Gasteiger partial charge >= 0.3 is 17.9 Å². The zero-order valence-corrected chi connectivity index (χ0v) is 40.4. The first-order chi connectivity index (χ1) is 29.4. The van der Waals surface area contributed by atoms with E-state index in [-0.39, 0.29) is 24.0 Å². The standard InChI is InChI=1S/C52H100N2O6/c1-5-8-11-14-17-18-19-25-33-45-58-50(55)36-30-26-32-41-54(44-46-59-52(57)47-48-38-42-53(4)43-39-48)40-31-24-20-23-29-37-51(56)60-49(34-27-21-15-12-9-6-2)35-28-22-16-13-10-7-3/h48-49H,5-47H2,1-4H3. The highest BCUT2D eigenvalue weighted by Gasteiger charge is 2.20. The smallest absolute Gasteiger partial charge is 0.306 e. The number of rotatable bonds is 44. The minimum Gasteiger partial charge on any atom is -0.466 e. The van der Waals surface area contributed by atoms with E-state index in [9.17, 15) is 14.4 Å². The molecule has 1 aliphatic heterocycles. The summed E-state index contributed by atoms with van der Waals surface area (Å²) in [4.78, 5) is 42.6. The van der Waals surface area contributed by atoms with Gasteiger partial charge in [-0.25, -0.2) is 0 Å². The molecule has 354 valence electrons. The van der Waals surface area contributed by atoms with E-state index in [0.717, 1.165) is 123 Å². The van der Waals surface area contributed by atoms with Crippen molar-refractivity contribution in [2.24, 2.45) is 5.92 Å². The molecular weight excluding hydrogens is 749 g/mol. The molecule has 1 fully saturated rings. The quantitative estimate of drug-likeness (QED) is 0.0340. The highest BCUT2D eigenvalue weighted by atomic mass is 16.5. The summed E-state index contributed by atoms with van der Waals surface area (Å²) in [6.07, 6.45) is 40.7. The number of carbonyl (C=O) groups is 3. The highest BCUT2D eigenvalue weighted by Crippen LogP contribution is 2.21. The molecule has 0 N–H and O–H groups in total.